The SMILES string of the molecule is CCNC/C=C(C)/C=C/C(C)=C/[C@@H]1Cc2nc(cs2)CCC[C@H](NS(C)(=O)=O)C(=O)O[C@@H](C)C/C(C)=C/C=C\C(=O)O1. The predicted molar refractivity (Wildman–Crippen MR) is 169 cm³/mol. The van der Waals surface area contributed by atoms with E-state index in [9.17, 15) is 18.0 Å². The Kier molecular flexibility index (Phi) is 15.1. The molecule has 0 spiro atoms. The first kappa shape index (κ1) is 35.3. The first-order valence-electron chi connectivity index (χ1n) is 14.2. The molecule has 2 N–H and O–H groups in total. The summed E-state index contributed by atoms with van der Waals surface area (Å²) in [6.07, 6.45) is 15.1. The molecular formula is C31H45N3O6S2. The molecule has 1 aromatic heterocycles. The lowest BCUT2D eigenvalue weighted by Gasteiger charge is -2.20. The highest BCUT2D eigenvalue weighted by atomic mass is 32.2. The Morgan fingerprint density at radius 3 is 2.62 bits per heavy atom. The second kappa shape index (κ2) is 17.9. The van der Waals surface area contributed by atoms with Crippen molar-refractivity contribution >= 4 is 33.3 Å². The molecule has 1 aromatic rings. The second-order valence-electron chi connectivity index (χ2n) is 10.6. The number of allylic oxidation sites excluding steroid dienone is 6. The van der Waals surface area contributed by atoms with Crippen molar-refractivity contribution in [2.75, 3.05) is 19.3 Å². The summed E-state index contributed by atoms with van der Waals surface area (Å²) in [4.78, 5) is 30.2. The highest BCUT2D eigenvalue weighted by molar-refractivity contribution is 7.88. The zero-order valence-corrected chi connectivity index (χ0v) is 27.1. The number of aryl methyl sites for hydroxylation is 1. The van der Waals surface area contributed by atoms with Crippen LogP contribution in [0.15, 0.2) is 64.6 Å². The van der Waals surface area contributed by atoms with E-state index < -0.39 is 40.2 Å². The number of cyclic esters (lactones) is 2. The molecule has 11 heteroatoms. The van der Waals surface area contributed by atoms with Crippen LogP contribution in [0.5, 0.6) is 0 Å². The van der Waals surface area contributed by atoms with E-state index in [1.807, 2.05) is 44.4 Å². The summed E-state index contributed by atoms with van der Waals surface area (Å²) in [5, 5.41) is 6.02. The predicted octanol–water partition coefficient (Wildman–Crippen LogP) is 4.73. The van der Waals surface area contributed by atoms with Gasteiger partial charge in [-0.05, 0) is 59.6 Å². The zero-order valence-electron chi connectivity index (χ0n) is 25.5. The molecule has 0 saturated carbocycles. The lowest BCUT2D eigenvalue weighted by atomic mass is 10.1. The van der Waals surface area contributed by atoms with Crippen molar-refractivity contribution in [2.45, 2.75) is 85.0 Å². The Labute approximate surface area is 254 Å². The average Bonchev–Trinajstić information content (AvgIpc) is 3.32. The van der Waals surface area contributed by atoms with Crippen molar-refractivity contribution in [1.82, 2.24) is 15.0 Å². The van der Waals surface area contributed by atoms with E-state index in [1.54, 1.807) is 19.1 Å². The van der Waals surface area contributed by atoms with Gasteiger partial charge < -0.3 is 14.8 Å². The van der Waals surface area contributed by atoms with Crippen molar-refractivity contribution < 1.29 is 27.5 Å². The van der Waals surface area contributed by atoms with Gasteiger partial charge in [0.05, 0.1) is 17.0 Å². The molecule has 0 fully saturated rings. The number of rotatable bonds is 8. The fourth-order valence-corrected chi connectivity index (χ4v) is 5.82. The van der Waals surface area contributed by atoms with E-state index >= 15 is 0 Å². The van der Waals surface area contributed by atoms with Crippen LogP contribution in [-0.2, 0) is 41.9 Å². The number of fused-ring (bicyclic) bond motifs is 2. The molecule has 0 aliphatic carbocycles. The number of likely N-dealkylation sites (N-methyl/N-ethyl adjacent to an activating group) is 1. The first-order chi connectivity index (χ1) is 19.8. The summed E-state index contributed by atoms with van der Waals surface area (Å²) < 4.78 is 37.6. The van der Waals surface area contributed by atoms with Crippen LogP contribution in [0.4, 0.5) is 0 Å². The number of sulfonamides is 1. The largest absolute Gasteiger partial charge is 0.461 e. The van der Waals surface area contributed by atoms with E-state index in [4.69, 9.17) is 14.5 Å². The van der Waals surface area contributed by atoms with Crippen LogP contribution < -0.4 is 10.0 Å². The van der Waals surface area contributed by atoms with Gasteiger partial charge in [-0.25, -0.2) is 22.9 Å². The quantitative estimate of drug-likeness (QED) is 0.243. The molecule has 0 amide bonds. The van der Waals surface area contributed by atoms with Gasteiger partial charge in [0, 0.05) is 30.8 Å². The van der Waals surface area contributed by atoms with Crippen LogP contribution in [0, 0.1) is 0 Å². The second-order valence-corrected chi connectivity index (χ2v) is 13.3. The number of carbonyl (C=O) groups excluding carboxylic acids is 2. The van der Waals surface area contributed by atoms with Gasteiger partial charge in [-0.15, -0.1) is 11.3 Å². The van der Waals surface area contributed by atoms with Crippen molar-refractivity contribution in [3.63, 3.8) is 0 Å². The molecule has 1 aliphatic rings. The number of carbonyl (C=O) groups is 2. The normalized spacial score (nSPS) is 24.6. The van der Waals surface area contributed by atoms with E-state index in [0.717, 1.165) is 46.8 Å². The maximum atomic E-state index is 12.8. The van der Waals surface area contributed by atoms with Crippen LogP contribution in [0.25, 0.3) is 0 Å². The van der Waals surface area contributed by atoms with Crippen LogP contribution in [-0.4, -0.2) is 62.9 Å². The minimum atomic E-state index is -3.61. The topological polar surface area (TPSA) is 124 Å². The summed E-state index contributed by atoms with van der Waals surface area (Å²) in [5.41, 5.74) is 3.81. The lowest BCUT2D eigenvalue weighted by Crippen LogP contribution is -2.42. The molecule has 2 heterocycles. The molecule has 232 valence electrons. The fraction of sp³-hybridized carbons (Fsp3) is 0.516. The number of hydrogen-bond acceptors (Lipinski definition) is 9. The van der Waals surface area contributed by atoms with Gasteiger partial charge >= 0.3 is 11.9 Å². The molecule has 0 radical (unpaired) electrons. The summed E-state index contributed by atoms with van der Waals surface area (Å²) in [6.45, 7) is 11.4. The third kappa shape index (κ3) is 14.9. The standard InChI is InChI=1S/C31H45N3O6S2/c1-7-32-17-16-22(2)14-15-24(4)19-27-20-29-33-26(21-41-29)11-9-12-28(34-42(6,37)38)31(36)39-25(5)18-23(3)10-8-13-30(35)40-27/h8,10,13-16,19,21,25,27-28,32,34H,7,9,11-12,17-18,20H2,1-6H3/b13-8-,15-14+,22-16+,23-10+,24-19+/t25-,27+,28-/m0/s1. The number of hydrogen-bond donors (Lipinski definition) is 2. The molecule has 42 heavy (non-hydrogen) atoms. The van der Waals surface area contributed by atoms with Crippen LogP contribution in [0.2, 0.25) is 0 Å². The molecule has 0 saturated heterocycles. The molecule has 1 aliphatic heterocycles. The number of ether oxygens (including phenoxy) is 2. The smallest absolute Gasteiger partial charge is 0.331 e. The Hall–Kier alpha value is -2.86. The van der Waals surface area contributed by atoms with Gasteiger partial charge in [0.1, 0.15) is 18.2 Å². The minimum absolute atomic E-state index is 0.278. The Bertz CT molecular complexity index is 1310. The highest BCUT2D eigenvalue weighted by Crippen LogP contribution is 2.19. The Morgan fingerprint density at radius 2 is 1.90 bits per heavy atom. The number of aromatic nitrogens is 1. The van der Waals surface area contributed by atoms with Gasteiger partial charge in [0.25, 0.3) is 0 Å². The summed E-state index contributed by atoms with van der Waals surface area (Å²) >= 11 is 1.48. The van der Waals surface area contributed by atoms with E-state index in [1.165, 1.54) is 17.4 Å². The number of nitrogens with one attached hydrogen (secondary N) is 2. The third-order valence-corrected chi connectivity index (χ3v) is 7.86. The maximum Gasteiger partial charge on any atom is 0.331 e. The Balaban J connectivity index is 2.30. The third-order valence-electron chi connectivity index (χ3n) is 6.23. The van der Waals surface area contributed by atoms with Gasteiger partial charge in [-0.1, -0.05) is 54.0 Å². The molecule has 3 atom stereocenters. The average molecular weight is 620 g/mol. The van der Waals surface area contributed by atoms with Gasteiger partial charge in [0.2, 0.25) is 10.0 Å². The van der Waals surface area contributed by atoms with Crippen LogP contribution in [0.3, 0.4) is 0 Å². The number of thiazole rings is 1. The summed E-state index contributed by atoms with van der Waals surface area (Å²) in [5.74, 6) is -1.08. The molecule has 0 aromatic carbocycles. The fourth-order valence-electron chi connectivity index (χ4n) is 4.21. The highest BCUT2D eigenvalue weighted by Gasteiger charge is 2.25. The van der Waals surface area contributed by atoms with Crippen molar-refractivity contribution in [3.05, 3.63) is 75.3 Å². The molecule has 2 bridgehead atoms. The first-order valence-corrected chi connectivity index (χ1v) is 17.0. The maximum absolute atomic E-state index is 12.8. The van der Waals surface area contributed by atoms with E-state index in [2.05, 4.69) is 23.0 Å². The van der Waals surface area contributed by atoms with E-state index in [0.29, 0.717) is 25.7 Å². The molecule has 0 unspecified atom stereocenters. The van der Waals surface area contributed by atoms with Crippen molar-refractivity contribution in [1.29, 1.82) is 0 Å². The van der Waals surface area contributed by atoms with Crippen molar-refractivity contribution in [3.8, 4) is 0 Å². The molecule has 2 rings (SSSR count). The summed E-state index contributed by atoms with van der Waals surface area (Å²) in [6, 6.07) is -0.982. The molecule has 9 nitrogen and oxygen atoms in total. The number of nitrogens with zero attached hydrogens (tertiary/aromatic N) is 1. The molecular weight excluding hydrogens is 574 g/mol. The lowest BCUT2D eigenvalue weighted by molar-refractivity contribution is -0.150. The number of esters is 2. The van der Waals surface area contributed by atoms with Gasteiger partial charge in [-0.3, -0.25) is 4.79 Å². The Morgan fingerprint density at radius 1 is 1.17 bits per heavy atom. The monoisotopic (exact) mass is 619 g/mol. The zero-order chi connectivity index (χ0) is 31.1. The van der Waals surface area contributed by atoms with Crippen LogP contribution >= 0.6 is 11.3 Å². The van der Waals surface area contributed by atoms with Crippen LogP contribution in [0.1, 0.15) is 64.6 Å². The minimum Gasteiger partial charge on any atom is -0.461 e. The van der Waals surface area contributed by atoms with Gasteiger partial charge in [0.15, 0.2) is 0 Å². The van der Waals surface area contributed by atoms with E-state index in [-0.39, 0.29) is 6.42 Å². The van der Waals surface area contributed by atoms with Gasteiger partial charge in [-0.2, -0.15) is 0 Å². The van der Waals surface area contributed by atoms with Crippen molar-refractivity contribution in [2.24, 2.45) is 0 Å². The summed E-state index contributed by atoms with van der Waals surface area (Å²) in [7, 11) is -3.61.